The van der Waals surface area contributed by atoms with Crippen LogP contribution in [-0.4, -0.2) is 98.2 Å². The largest absolute Gasteiger partial charge is 0.496 e. The summed E-state index contributed by atoms with van der Waals surface area (Å²) in [7, 11) is 6.90. The van der Waals surface area contributed by atoms with Gasteiger partial charge in [0.2, 0.25) is 11.8 Å². The number of likely N-dealkylation sites (N-methyl/N-ethyl adjacent to an activating group) is 1. The van der Waals surface area contributed by atoms with E-state index in [1.54, 1.807) is 38.3 Å². The SMILES string of the molecule is CNC(=O)C(Cc1ccccc1)NC(=O)c1cc(-c2cccc(CN3O[C@@H](CO)[C@@H]([C@H](C)O)[C@H]3C(=O)N[C@H]3CC4C[C@@H]([C@@H]3C)C4(C)C)c2OC)cc(N(C)C)c1. The lowest BCUT2D eigenvalue weighted by Gasteiger charge is -2.62. The number of carbonyl (C=O) groups is 3. The minimum absolute atomic E-state index is 0.0159. The molecule has 3 saturated carbocycles. The Morgan fingerprint density at radius 3 is 2.39 bits per heavy atom. The number of rotatable bonds is 14. The Labute approximate surface area is 330 Å². The van der Waals surface area contributed by atoms with E-state index in [2.05, 4.69) is 36.7 Å². The van der Waals surface area contributed by atoms with E-state index in [-0.39, 0.29) is 36.4 Å². The molecule has 0 aromatic heterocycles. The Kier molecular flexibility index (Phi) is 12.4. The van der Waals surface area contributed by atoms with Crippen LogP contribution < -0.4 is 25.6 Å². The fraction of sp³-hybridized carbons (Fsp3) is 0.523. The summed E-state index contributed by atoms with van der Waals surface area (Å²) in [5.74, 6) is 0.331. The Morgan fingerprint density at radius 1 is 1.05 bits per heavy atom. The summed E-state index contributed by atoms with van der Waals surface area (Å²) in [6.07, 6.45) is 0.716. The van der Waals surface area contributed by atoms with Gasteiger partial charge in [0.15, 0.2) is 0 Å². The van der Waals surface area contributed by atoms with Crippen LogP contribution in [0.1, 0.15) is 62.0 Å². The number of benzene rings is 3. The van der Waals surface area contributed by atoms with Gasteiger partial charge in [-0.3, -0.25) is 19.2 Å². The summed E-state index contributed by atoms with van der Waals surface area (Å²) in [4.78, 5) is 49.3. The number of ether oxygens (including phenoxy) is 1. The van der Waals surface area contributed by atoms with Gasteiger partial charge in [0.25, 0.3) is 5.91 Å². The zero-order valence-electron chi connectivity index (χ0n) is 33.9. The van der Waals surface area contributed by atoms with E-state index in [4.69, 9.17) is 9.57 Å². The number of fused-ring (bicyclic) bond motifs is 2. The number of hydroxylamine groups is 2. The smallest absolute Gasteiger partial charge is 0.252 e. The van der Waals surface area contributed by atoms with Crippen LogP contribution in [0.15, 0.2) is 66.7 Å². The second kappa shape index (κ2) is 16.9. The highest BCUT2D eigenvalue weighted by Gasteiger charge is 2.57. The van der Waals surface area contributed by atoms with Crippen molar-refractivity contribution >= 4 is 23.4 Å². The van der Waals surface area contributed by atoms with Crippen LogP contribution in [0, 0.1) is 29.1 Å². The molecule has 4 fully saturated rings. The highest BCUT2D eigenvalue weighted by atomic mass is 16.7. The van der Waals surface area contributed by atoms with Gasteiger partial charge in [-0.05, 0) is 72.3 Å². The second-order valence-electron chi connectivity index (χ2n) is 16.7. The molecular weight excluding hydrogens is 711 g/mol. The van der Waals surface area contributed by atoms with Gasteiger partial charge in [0.1, 0.15) is 23.9 Å². The maximum atomic E-state index is 14.3. The van der Waals surface area contributed by atoms with E-state index in [1.165, 1.54) is 6.42 Å². The van der Waals surface area contributed by atoms with Crippen molar-refractivity contribution in [3.05, 3.63) is 83.4 Å². The van der Waals surface area contributed by atoms with Crippen molar-refractivity contribution in [2.75, 3.05) is 39.8 Å². The Hall–Kier alpha value is -4.49. The number of anilines is 1. The van der Waals surface area contributed by atoms with Gasteiger partial charge in [-0.1, -0.05) is 69.3 Å². The number of carbonyl (C=O) groups excluding carboxylic acids is 3. The number of hydrogen-bond donors (Lipinski definition) is 5. The Bertz CT molecular complexity index is 1880. The minimum Gasteiger partial charge on any atom is -0.496 e. The molecule has 4 aliphatic rings. The molecular formula is C44H59N5O7. The van der Waals surface area contributed by atoms with Crippen molar-refractivity contribution in [3.8, 4) is 16.9 Å². The first-order valence-electron chi connectivity index (χ1n) is 19.8. The molecule has 0 radical (unpaired) electrons. The van der Waals surface area contributed by atoms with Crippen molar-refractivity contribution in [1.82, 2.24) is 21.0 Å². The van der Waals surface area contributed by atoms with E-state index in [9.17, 15) is 24.6 Å². The van der Waals surface area contributed by atoms with E-state index >= 15 is 0 Å². The van der Waals surface area contributed by atoms with Gasteiger partial charge >= 0.3 is 0 Å². The highest BCUT2D eigenvalue weighted by Crippen LogP contribution is 2.61. The van der Waals surface area contributed by atoms with Gasteiger partial charge in [-0.2, -0.15) is 5.06 Å². The summed E-state index contributed by atoms with van der Waals surface area (Å²) >= 11 is 0. The lowest BCUT2D eigenvalue weighted by Crippen LogP contribution is -2.62. The first-order chi connectivity index (χ1) is 26.7. The third kappa shape index (κ3) is 8.16. The standard InChI is InChI=1S/C44H59N5O7/c1-25-34-21-31(44(34,3)4)22-35(25)46-43(54)39-38(26(2)51)37(24-50)56-49(39)23-28-15-12-16-33(40(28)55-8)29-18-30(20-32(19-29)48(6)7)41(52)47-36(42(53)45-5)17-27-13-10-9-11-14-27/h9-16,18-20,25-26,31,34-39,50-51H,17,21-24H2,1-8H3,(H,45,53)(H,46,54)(H,47,52)/t25-,26-,31?,34-,35-,36?,37-,38+,39-/m0/s1. The third-order valence-electron chi connectivity index (χ3n) is 12.8. The van der Waals surface area contributed by atoms with E-state index in [0.29, 0.717) is 52.2 Å². The van der Waals surface area contributed by atoms with Gasteiger partial charge in [-0.15, -0.1) is 0 Å². The van der Waals surface area contributed by atoms with Crippen LogP contribution in [-0.2, 0) is 27.4 Å². The molecule has 302 valence electrons. The van der Waals surface area contributed by atoms with Crippen LogP contribution in [0.25, 0.3) is 11.1 Å². The van der Waals surface area contributed by atoms with Gasteiger partial charge < -0.3 is 35.8 Å². The first kappa shape index (κ1) is 41.2. The molecule has 1 aliphatic heterocycles. The molecule has 3 aliphatic carbocycles. The quantitative estimate of drug-likeness (QED) is 0.163. The van der Waals surface area contributed by atoms with Gasteiger partial charge in [0.05, 0.1) is 26.4 Å². The summed E-state index contributed by atoms with van der Waals surface area (Å²) in [5, 5.41) is 31.8. The molecule has 9 atom stereocenters. The van der Waals surface area contributed by atoms with Crippen LogP contribution in [0.4, 0.5) is 5.69 Å². The fourth-order valence-corrected chi connectivity index (χ4v) is 9.46. The number of hydrogen-bond acceptors (Lipinski definition) is 9. The molecule has 3 aromatic carbocycles. The molecule has 5 N–H and O–H groups in total. The molecule has 3 aromatic rings. The summed E-state index contributed by atoms with van der Waals surface area (Å²) in [6.45, 7) is 8.27. The minimum atomic E-state index is -0.925. The van der Waals surface area contributed by atoms with Crippen LogP contribution in [0.3, 0.4) is 0 Å². The molecule has 1 saturated heterocycles. The zero-order chi connectivity index (χ0) is 40.5. The molecule has 7 rings (SSSR count). The summed E-state index contributed by atoms with van der Waals surface area (Å²) in [5.41, 5.74) is 4.44. The average Bonchev–Trinajstić information content (AvgIpc) is 3.56. The second-order valence-corrected chi connectivity index (χ2v) is 16.7. The van der Waals surface area contributed by atoms with Crippen LogP contribution in [0.2, 0.25) is 0 Å². The highest BCUT2D eigenvalue weighted by molar-refractivity contribution is 5.99. The number of aliphatic hydroxyl groups excluding tert-OH is 2. The van der Waals surface area contributed by atoms with Crippen molar-refractivity contribution in [1.29, 1.82) is 0 Å². The zero-order valence-corrected chi connectivity index (χ0v) is 33.9. The van der Waals surface area contributed by atoms with Gasteiger partial charge in [-0.25, -0.2) is 0 Å². The molecule has 12 nitrogen and oxygen atoms in total. The van der Waals surface area contributed by atoms with Crippen molar-refractivity contribution in [3.63, 3.8) is 0 Å². The molecule has 2 bridgehead atoms. The van der Waals surface area contributed by atoms with Crippen LogP contribution in [0.5, 0.6) is 5.75 Å². The lowest BCUT2D eigenvalue weighted by atomic mass is 9.45. The summed E-state index contributed by atoms with van der Waals surface area (Å²) in [6, 6.07) is 19.1. The molecule has 1 heterocycles. The normalized spacial score (nSPS) is 26.4. The fourth-order valence-electron chi connectivity index (χ4n) is 9.46. The maximum absolute atomic E-state index is 14.3. The first-order valence-corrected chi connectivity index (χ1v) is 19.8. The number of methoxy groups -OCH3 is 1. The van der Waals surface area contributed by atoms with E-state index in [1.807, 2.05) is 73.6 Å². The topological polar surface area (TPSA) is 153 Å². The molecule has 3 amide bonds. The number of aliphatic hydroxyl groups is 2. The Balaban J connectivity index is 1.29. The number of nitrogens with zero attached hydrogens (tertiary/aromatic N) is 2. The van der Waals surface area contributed by atoms with Crippen LogP contribution >= 0.6 is 0 Å². The lowest BCUT2D eigenvalue weighted by molar-refractivity contribution is -0.183. The monoisotopic (exact) mass is 769 g/mol. The predicted octanol–water partition coefficient (Wildman–Crippen LogP) is 4.18. The maximum Gasteiger partial charge on any atom is 0.252 e. The summed E-state index contributed by atoms with van der Waals surface area (Å²) < 4.78 is 6.07. The predicted molar refractivity (Wildman–Crippen MR) is 216 cm³/mol. The van der Waals surface area contributed by atoms with E-state index in [0.717, 1.165) is 17.7 Å². The van der Waals surface area contributed by atoms with Gasteiger partial charge in [0, 0.05) is 61.9 Å². The number of amides is 3. The number of nitrogens with one attached hydrogen (secondary N) is 3. The molecule has 0 spiro atoms. The molecule has 2 unspecified atom stereocenters. The molecule has 56 heavy (non-hydrogen) atoms. The Morgan fingerprint density at radius 2 is 1.79 bits per heavy atom. The average molecular weight is 770 g/mol. The third-order valence-corrected chi connectivity index (χ3v) is 12.8. The number of para-hydroxylation sites is 1. The van der Waals surface area contributed by atoms with Crippen molar-refractivity contribution in [2.45, 2.75) is 83.8 Å². The van der Waals surface area contributed by atoms with Crippen molar-refractivity contribution in [2.24, 2.45) is 29.1 Å². The van der Waals surface area contributed by atoms with E-state index < -0.39 is 36.1 Å². The molecule has 12 heteroatoms. The van der Waals surface area contributed by atoms with Crippen molar-refractivity contribution < 1.29 is 34.2 Å².